The minimum absolute atomic E-state index is 0.0903. The lowest BCUT2D eigenvalue weighted by Gasteiger charge is -2.27. The molecule has 0 aliphatic carbocycles. The number of rotatable bonds is 7. The predicted octanol–water partition coefficient (Wildman–Crippen LogP) is 2.86. The predicted molar refractivity (Wildman–Crippen MR) is 127 cm³/mol. The Kier molecular flexibility index (Phi) is 11.7. The van der Waals surface area contributed by atoms with Crippen LogP contribution in [-0.2, 0) is 27.2 Å². The third-order valence-electron chi connectivity index (χ3n) is 5.06. The number of primary amides is 1. The minimum Gasteiger partial charge on any atom is -0.388 e. The number of carbonyl (C=O) groups is 2. The average molecular weight is 572 g/mol. The molecule has 0 bridgehead atoms. The normalized spacial score (nSPS) is 15.7. The van der Waals surface area contributed by atoms with Crippen LogP contribution < -0.4 is 11.1 Å². The number of amides is 3. The summed E-state index contributed by atoms with van der Waals surface area (Å²) in [4.78, 5) is 26.7. The molecule has 3 heterocycles. The molecule has 3 rings (SSSR count). The molecule has 1 atom stereocenters. The first-order valence-electron chi connectivity index (χ1n) is 11.2. The monoisotopic (exact) mass is 571 g/mol. The molecular formula is C22H31F6N7O4. The van der Waals surface area contributed by atoms with E-state index in [1.54, 1.807) is 20.3 Å². The van der Waals surface area contributed by atoms with Crippen LogP contribution in [0.5, 0.6) is 0 Å². The number of methoxy groups -OCH3 is 1. The van der Waals surface area contributed by atoms with E-state index in [1.165, 1.54) is 23.8 Å². The van der Waals surface area contributed by atoms with Gasteiger partial charge in [-0.3, -0.25) is 10.2 Å². The van der Waals surface area contributed by atoms with Crippen LogP contribution >= 0.6 is 0 Å². The third kappa shape index (κ3) is 10.3. The van der Waals surface area contributed by atoms with Crippen molar-refractivity contribution in [1.29, 1.82) is 5.41 Å². The van der Waals surface area contributed by atoms with Crippen molar-refractivity contribution in [2.45, 2.75) is 57.7 Å². The summed E-state index contributed by atoms with van der Waals surface area (Å²) in [6.07, 6.45) is -6.02. The Morgan fingerprint density at radius 3 is 2.26 bits per heavy atom. The van der Waals surface area contributed by atoms with Crippen molar-refractivity contribution >= 4 is 23.3 Å². The number of alkyl halides is 6. The number of ether oxygens (including phenoxy) is 2. The smallest absolute Gasteiger partial charge is 0.388 e. The summed E-state index contributed by atoms with van der Waals surface area (Å²) >= 11 is 0. The Morgan fingerprint density at radius 2 is 1.79 bits per heavy atom. The zero-order valence-corrected chi connectivity index (χ0v) is 21.9. The van der Waals surface area contributed by atoms with Crippen LogP contribution in [-0.4, -0.2) is 88.5 Å². The van der Waals surface area contributed by atoms with Gasteiger partial charge in [0.05, 0.1) is 37.0 Å². The van der Waals surface area contributed by atoms with E-state index in [1.807, 2.05) is 5.32 Å². The van der Waals surface area contributed by atoms with Crippen molar-refractivity contribution in [1.82, 2.24) is 24.8 Å². The molecule has 11 nitrogen and oxygen atoms in total. The van der Waals surface area contributed by atoms with Crippen LogP contribution in [0.2, 0.25) is 0 Å². The maximum atomic E-state index is 12.8. The van der Waals surface area contributed by atoms with Gasteiger partial charge in [0.1, 0.15) is 6.04 Å². The molecule has 220 valence electrons. The number of hydrogen-bond acceptors (Lipinski definition) is 7. The molecule has 0 spiro atoms. The molecule has 1 aliphatic rings. The van der Waals surface area contributed by atoms with E-state index in [0.29, 0.717) is 16.9 Å². The quantitative estimate of drug-likeness (QED) is 0.344. The number of carbonyl (C=O) groups excluding carboxylic acids is 2. The first-order chi connectivity index (χ1) is 17.8. The van der Waals surface area contributed by atoms with Crippen LogP contribution in [0.25, 0.3) is 5.65 Å². The molecule has 0 aromatic carbocycles. The van der Waals surface area contributed by atoms with E-state index in [4.69, 9.17) is 10.1 Å². The molecule has 1 fully saturated rings. The zero-order valence-electron chi connectivity index (χ0n) is 21.9. The number of nitrogens with one attached hydrogen (secondary N) is 2. The van der Waals surface area contributed by atoms with E-state index in [-0.39, 0.29) is 25.3 Å². The number of fused-ring (bicyclic) bond motifs is 1. The van der Waals surface area contributed by atoms with Crippen LogP contribution in [0.4, 0.5) is 31.1 Å². The number of nitrogens with two attached hydrogens (primary N) is 1. The highest BCUT2D eigenvalue weighted by Crippen LogP contribution is 2.32. The Bertz CT molecular complexity index is 1120. The third-order valence-corrected chi connectivity index (χ3v) is 5.06. The summed E-state index contributed by atoms with van der Waals surface area (Å²) in [6, 6.07) is -1.21. The van der Waals surface area contributed by atoms with Crippen LogP contribution in [0.1, 0.15) is 32.0 Å². The van der Waals surface area contributed by atoms with Crippen molar-refractivity contribution in [3.63, 3.8) is 0 Å². The van der Waals surface area contributed by atoms with Gasteiger partial charge < -0.3 is 25.4 Å². The van der Waals surface area contributed by atoms with Gasteiger partial charge in [0.25, 0.3) is 5.91 Å². The highest BCUT2D eigenvalue weighted by Gasteiger charge is 2.48. The Labute approximate surface area is 220 Å². The second-order valence-corrected chi connectivity index (χ2v) is 8.83. The molecule has 1 saturated heterocycles. The minimum atomic E-state index is -4.53. The van der Waals surface area contributed by atoms with E-state index >= 15 is 0 Å². The Balaban J connectivity index is 0.000000734. The van der Waals surface area contributed by atoms with Crippen LogP contribution in [0, 0.1) is 5.41 Å². The van der Waals surface area contributed by atoms with E-state index < -0.39 is 42.5 Å². The second-order valence-electron chi connectivity index (χ2n) is 8.83. The van der Waals surface area contributed by atoms with Gasteiger partial charge in [-0.2, -0.15) is 31.4 Å². The topological polar surface area (TPSA) is 148 Å². The standard InChI is InChI=1S/C17H19F6N5O2.C3H6N2O.C2H6O/c1-15(2,17(21,22)23)30-4-3-11-8-28-13(25-11)5-10(6-24-28)7-27-9-12(16(18,19)20)26-14(27)29;1-2(4)3(5)6;1-3-2/h5-6,8,12H,3-4,7,9H2,1-2H3,(H,26,29);4H,1H3,(H2,5,6);1-2H3. The van der Waals surface area contributed by atoms with Crippen LogP contribution in [0.15, 0.2) is 18.5 Å². The number of halogens is 6. The number of imidazole rings is 1. The molecule has 1 aliphatic heterocycles. The lowest BCUT2D eigenvalue weighted by molar-refractivity contribution is -0.263. The van der Waals surface area contributed by atoms with E-state index in [9.17, 15) is 35.9 Å². The summed E-state index contributed by atoms with van der Waals surface area (Å²) in [5.41, 5.74) is 3.44. The first-order valence-corrected chi connectivity index (χ1v) is 11.2. The lowest BCUT2D eigenvalue weighted by atomic mass is 10.1. The molecule has 17 heteroatoms. The molecule has 2 aromatic rings. The van der Waals surface area contributed by atoms with Gasteiger partial charge in [0.2, 0.25) is 0 Å². The molecule has 0 saturated carbocycles. The molecule has 0 radical (unpaired) electrons. The fourth-order valence-corrected chi connectivity index (χ4v) is 2.80. The number of nitrogens with zero attached hydrogens (tertiary/aromatic N) is 4. The van der Waals surface area contributed by atoms with Crippen molar-refractivity contribution in [2.24, 2.45) is 5.73 Å². The molecule has 39 heavy (non-hydrogen) atoms. The average Bonchev–Trinajstić information content (AvgIpc) is 3.36. The summed E-state index contributed by atoms with van der Waals surface area (Å²) in [6.45, 7) is 2.40. The van der Waals surface area contributed by atoms with Crippen molar-refractivity contribution in [2.75, 3.05) is 27.4 Å². The summed E-state index contributed by atoms with van der Waals surface area (Å²) in [5.74, 6) is -0.657. The van der Waals surface area contributed by atoms with Gasteiger partial charge in [-0.05, 0) is 32.4 Å². The van der Waals surface area contributed by atoms with Crippen LogP contribution in [0.3, 0.4) is 0 Å². The molecular weight excluding hydrogens is 540 g/mol. The van der Waals surface area contributed by atoms with Gasteiger partial charge in [0.15, 0.2) is 11.2 Å². The second kappa shape index (κ2) is 13.5. The molecule has 2 aromatic heterocycles. The Morgan fingerprint density at radius 1 is 1.23 bits per heavy atom. The Hall–Kier alpha value is -3.47. The molecule has 1 unspecified atom stereocenters. The fraction of sp³-hybridized carbons (Fsp3) is 0.591. The van der Waals surface area contributed by atoms with Gasteiger partial charge in [-0.1, -0.05) is 0 Å². The maximum Gasteiger partial charge on any atom is 0.416 e. The number of urea groups is 1. The number of aromatic nitrogens is 3. The summed E-state index contributed by atoms with van der Waals surface area (Å²) < 4.78 is 87.2. The SMILES string of the molecule is CC(=N)C(N)=O.CC(C)(OCCc1cn2ncc(CN3CC(C(F)(F)F)NC3=O)cc2n1)C(F)(F)F.COC. The van der Waals surface area contributed by atoms with E-state index in [2.05, 4.69) is 20.6 Å². The highest BCUT2D eigenvalue weighted by molar-refractivity contribution is 6.35. The van der Waals surface area contributed by atoms with Gasteiger partial charge in [-0.15, -0.1) is 0 Å². The first kappa shape index (κ1) is 33.6. The number of hydrogen-bond donors (Lipinski definition) is 3. The highest BCUT2D eigenvalue weighted by atomic mass is 19.4. The van der Waals surface area contributed by atoms with Crippen molar-refractivity contribution in [3.05, 3.63) is 29.7 Å². The summed E-state index contributed by atoms with van der Waals surface area (Å²) in [7, 11) is 3.25. The van der Waals surface area contributed by atoms with Crippen molar-refractivity contribution < 1.29 is 45.4 Å². The van der Waals surface area contributed by atoms with Gasteiger partial charge in [-0.25, -0.2) is 14.3 Å². The summed E-state index contributed by atoms with van der Waals surface area (Å²) in [5, 5.41) is 12.4. The fourth-order valence-electron chi connectivity index (χ4n) is 2.80. The molecule has 3 amide bonds. The zero-order chi connectivity index (χ0) is 30.2. The lowest BCUT2D eigenvalue weighted by Crippen LogP contribution is -2.42. The van der Waals surface area contributed by atoms with Crippen molar-refractivity contribution in [3.8, 4) is 0 Å². The van der Waals surface area contributed by atoms with E-state index in [0.717, 1.165) is 18.7 Å². The van der Waals surface area contributed by atoms with Gasteiger partial charge >= 0.3 is 18.4 Å². The van der Waals surface area contributed by atoms with Gasteiger partial charge in [0, 0.05) is 27.2 Å². The largest absolute Gasteiger partial charge is 0.416 e. The molecule has 4 N–H and O–H groups in total. The maximum absolute atomic E-state index is 12.8.